The SMILES string of the molecule is C=C/C=C/c1c(C)c(C)c(C)c(C)c1S.CNc1cc2cc(-c3cncn3C)ccc2cn1. The number of aryl methyl sites for hydroxylation is 1. The maximum Gasteiger partial charge on any atom is 0.126 e. The number of imidazole rings is 1. The van der Waals surface area contributed by atoms with Crippen molar-refractivity contribution in [1.29, 1.82) is 0 Å². The van der Waals surface area contributed by atoms with Crippen LogP contribution in [0.2, 0.25) is 0 Å². The van der Waals surface area contributed by atoms with E-state index in [1.807, 2.05) is 43.5 Å². The molecule has 4 aromatic rings. The van der Waals surface area contributed by atoms with Gasteiger partial charge in [0, 0.05) is 36.1 Å². The van der Waals surface area contributed by atoms with Gasteiger partial charge in [-0.3, -0.25) is 0 Å². The zero-order valence-corrected chi connectivity index (χ0v) is 21.2. The molecule has 2 heterocycles. The molecule has 0 saturated heterocycles. The predicted molar refractivity (Wildman–Crippen MR) is 145 cm³/mol. The van der Waals surface area contributed by atoms with E-state index >= 15 is 0 Å². The molecule has 4 nitrogen and oxygen atoms in total. The number of hydrogen-bond acceptors (Lipinski definition) is 4. The minimum atomic E-state index is 0.879. The molecular formula is C28H32N4S. The van der Waals surface area contributed by atoms with E-state index < -0.39 is 0 Å². The third-order valence-corrected chi connectivity index (χ3v) is 6.77. The molecule has 0 radical (unpaired) electrons. The van der Waals surface area contributed by atoms with Crippen molar-refractivity contribution in [1.82, 2.24) is 14.5 Å². The van der Waals surface area contributed by atoms with E-state index in [0.29, 0.717) is 0 Å². The number of hydrogen-bond donors (Lipinski definition) is 2. The number of fused-ring (bicyclic) bond motifs is 1. The van der Waals surface area contributed by atoms with Gasteiger partial charge >= 0.3 is 0 Å². The maximum atomic E-state index is 4.59. The molecule has 33 heavy (non-hydrogen) atoms. The van der Waals surface area contributed by atoms with Crippen LogP contribution in [0.3, 0.4) is 0 Å². The number of rotatable bonds is 4. The van der Waals surface area contributed by atoms with Gasteiger partial charge < -0.3 is 9.88 Å². The van der Waals surface area contributed by atoms with Gasteiger partial charge in [0.05, 0.1) is 18.2 Å². The molecule has 5 heteroatoms. The molecule has 170 valence electrons. The lowest BCUT2D eigenvalue weighted by Crippen LogP contribution is -1.96. The summed E-state index contributed by atoms with van der Waals surface area (Å²) < 4.78 is 2.02. The van der Waals surface area contributed by atoms with Crippen molar-refractivity contribution in [3.63, 3.8) is 0 Å². The van der Waals surface area contributed by atoms with Crippen LogP contribution in [0.15, 0.2) is 66.6 Å². The van der Waals surface area contributed by atoms with Crippen LogP contribution in [-0.4, -0.2) is 21.6 Å². The van der Waals surface area contributed by atoms with Gasteiger partial charge in [-0.2, -0.15) is 0 Å². The summed E-state index contributed by atoms with van der Waals surface area (Å²) in [5.74, 6) is 0.879. The van der Waals surface area contributed by atoms with E-state index in [1.54, 1.807) is 6.08 Å². The Morgan fingerprint density at radius 2 is 1.70 bits per heavy atom. The van der Waals surface area contributed by atoms with Crippen LogP contribution in [0.25, 0.3) is 28.1 Å². The fourth-order valence-electron chi connectivity index (χ4n) is 3.76. The van der Waals surface area contributed by atoms with Crippen LogP contribution in [0.5, 0.6) is 0 Å². The van der Waals surface area contributed by atoms with Crippen molar-refractivity contribution in [2.45, 2.75) is 32.6 Å². The second kappa shape index (κ2) is 10.5. The Labute approximate surface area is 202 Å². The first-order valence-corrected chi connectivity index (χ1v) is 11.4. The smallest absolute Gasteiger partial charge is 0.126 e. The van der Waals surface area contributed by atoms with Crippen molar-refractivity contribution in [2.24, 2.45) is 7.05 Å². The van der Waals surface area contributed by atoms with Gasteiger partial charge in [0.1, 0.15) is 5.82 Å². The Hall–Kier alpha value is -3.31. The highest BCUT2D eigenvalue weighted by atomic mass is 32.1. The molecule has 1 N–H and O–H groups in total. The first kappa shape index (κ1) is 24.3. The molecule has 0 atom stereocenters. The second-order valence-corrected chi connectivity index (χ2v) is 8.58. The number of thiol groups is 1. The number of nitrogens with zero attached hydrogens (tertiary/aromatic N) is 3. The molecule has 0 aliphatic heterocycles. The lowest BCUT2D eigenvalue weighted by atomic mass is 9.94. The van der Waals surface area contributed by atoms with E-state index in [4.69, 9.17) is 0 Å². The third kappa shape index (κ3) is 5.20. The summed E-state index contributed by atoms with van der Waals surface area (Å²) in [5.41, 5.74) is 8.75. The molecule has 0 fully saturated rings. The molecule has 2 aromatic carbocycles. The molecule has 0 aliphatic rings. The van der Waals surface area contributed by atoms with Crippen LogP contribution in [0.1, 0.15) is 27.8 Å². The van der Waals surface area contributed by atoms with Crippen LogP contribution in [-0.2, 0) is 7.05 Å². The second-order valence-electron chi connectivity index (χ2n) is 8.13. The van der Waals surface area contributed by atoms with Gasteiger partial charge in [-0.05, 0) is 73.0 Å². The molecule has 0 bridgehead atoms. The molecule has 0 saturated carbocycles. The van der Waals surface area contributed by atoms with Crippen LogP contribution >= 0.6 is 12.6 Å². The number of allylic oxidation sites excluding steroid dienone is 2. The zero-order chi connectivity index (χ0) is 24.1. The number of nitrogens with one attached hydrogen (secondary N) is 1. The summed E-state index contributed by atoms with van der Waals surface area (Å²) in [7, 11) is 3.87. The standard InChI is InChI=1S/C14H14N4.C14H18S/c1-15-14-6-12-5-10(3-4-11(12)7-17-14)13-8-16-9-18(13)2;1-6-7-8-13-11(4)9(2)10(3)12(5)14(13)15/h3-9H,1-2H3,(H,15,17);6-8,15H,1H2,2-5H3/b;8-7+. The minimum absolute atomic E-state index is 0.879. The number of pyridine rings is 1. The first-order chi connectivity index (χ1) is 15.8. The van der Waals surface area contributed by atoms with Crippen molar-refractivity contribution < 1.29 is 0 Å². The molecule has 0 unspecified atom stereocenters. The van der Waals surface area contributed by atoms with Crippen LogP contribution < -0.4 is 5.32 Å². The first-order valence-electron chi connectivity index (χ1n) is 10.9. The highest BCUT2D eigenvalue weighted by molar-refractivity contribution is 7.80. The highest BCUT2D eigenvalue weighted by Gasteiger charge is 2.10. The van der Waals surface area contributed by atoms with Gasteiger partial charge in [0.2, 0.25) is 0 Å². The minimum Gasteiger partial charge on any atom is -0.373 e. The normalized spacial score (nSPS) is 10.9. The number of benzene rings is 2. The van der Waals surface area contributed by atoms with Crippen molar-refractivity contribution in [3.8, 4) is 11.3 Å². The Kier molecular flexibility index (Phi) is 7.77. The fourth-order valence-corrected chi connectivity index (χ4v) is 4.17. The van der Waals surface area contributed by atoms with Gasteiger partial charge in [0.25, 0.3) is 0 Å². The average molecular weight is 457 g/mol. The van der Waals surface area contributed by atoms with Gasteiger partial charge in [-0.25, -0.2) is 9.97 Å². The highest BCUT2D eigenvalue weighted by Crippen LogP contribution is 2.30. The molecule has 0 spiro atoms. The van der Waals surface area contributed by atoms with E-state index in [1.165, 1.54) is 33.2 Å². The molecule has 2 aromatic heterocycles. The molecule has 4 rings (SSSR count). The van der Waals surface area contributed by atoms with Crippen molar-refractivity contribution in [2.75, 3.05) is 12.4 Å². The average Bonchev–Trinajstić information content (AvgIpc) is 3.27. The number of aromatic nitrogens is 3. The Morgan fingerprint density at radius 3 is 2.33 bits per heavy atom. The van der Waals surface area contributed by atoms with Crippen LogP contribution in [0, 0.1) is 27.7 Å². The van der Waals surface area contributed by atoms with Gasteiger partial charge in [0.15, 0.2) is 0 Å². The van der Waals surface area contributed by atoms with Gasteiger partial charge in [-0.1, -0.05) is 36.9 Å². The van der Waals surface area contributed by atoms with E-state index in [2.05, 4.69) is 92.5 Å². The quantitative estimate of drug-likeness (QED) is 0.255. The Morgan fingerprint density at radius 1 is 0.970 bits per heavy atom. The largest absolute Gasteiger partial charge is 0.373 e. The molecule has 0 amide bonds. The van der Waals surface area contributed by atoms with Crippen LogP contribution in [0.4, 0.5) is 5.82 Å². The Balaban J connectivity index is 0.000000190. The van der Waals surface area contributed by atoms with Gasteiger partial charge in [-0.15, -0.1) is 12.6 Å². The van der Waals surface area contributed by atoms with Crippen molar-refractivity contribution >= 4 is 35.3 Å². The van der Waals surface area contributed by atoms with E-state index in [0.717, 1.165) is 27.4 Å². The molecular weight excluding hydrogens is 424 g/mol. The lowest BCUT2D eigenvalue weighted by Gasteiger charge is -2.15. The monoisotopic (exact) mass is 456 g/mol. The third-order valence-electron chi connectivity index (χ3n) is 6.19. The summed E-state index contributed by atoms with van der Waals surface area (Å²) in [6, 6.07) is 8.40. The summed E-state index contributed by atoms with van der Waals surface area (Å²) in [6.45, 7) is 12.3. The van der Waals surface area contributed by atoms with Crippen molar-refractivity contribution in [3.05, 3.63) is 89.5 Å². The summed E-state index contributed by atoms with van der Waals surface area (Å²) in [4.78, 5) is 9.53. The molecule has 0 aliphatic carbocycles. The lowest BCUT2D eigenvalue weighted by molar-refractivity contribution is 0.921. The number of anilines is 1. The maximum absolute atomic E-state index is 4.59. The topological polar surface area (TPSA) is 42.7 Å². The van der Waals surface area contributed by atoms with E-state index in [-0.39, 0.29) is 0 Å². The Bertz CT molecular complexity index is 1300. The predicted octanol–water partition coefficient (Wildman–Crippen LogP) is 7.09. The summed E-state index contributed by atoms with van der Waals surface area (Å²) in [6.07, 6.45) is 11.4. The summed E-state index contributed by atoms with van der Waals surface area (Å²) in [5, 5.41) is 5.37. The zero-order valence-electron chi connectivity index (χ0n) is 20.3. The van der Waals surface area contributed by atoms with E-state index in [9.17, 15) is 0 Å². The fraction of sp³-hybridized carbons (Fsp3) is 0.214. The summed E-state index contributed by atoms with van der Waals surface area (Å²) >= 11 is 4.59.